The van der Waals surface area contributed by atoms with Crippen LogP contribution < -0.4 is 5.32 Å². The van der Waals surface area contributed by atoms with E-state index in [4.69, 9.17) is 0 Å². The molecule has 13 heavy (non-hydrogen) atoms. The number of pyridine rings is 1. The number of rotatable bonds is 3. The van der Waals surface area contributed by atoms with Crippen molar-refractivity contribution in [2.75, 3.05) is 7.05 Å². The van der Waals surface area contributed by atoms with Crippen LogP contribution in [0.1, 0.15) is 36.2 Å². The zero-order chi connectivity index (χ0) is 9.84. The molecule has 1 unspecified atom stereocenters. The number of aromatic nitrogens is 1. The van der Waals surface area contributed by atoms with Gasteiger partial charge < -0.3 is 5.32 Å². The van der Waals surface area contributed by atoms with Gasteiger partial charge in [0.05, 0.1) is 0 Å². The summed E-state index contributed by atoms with van der Waals surface area (Å²) in [4.78, 5) is 4.36. The molecule has 1 N–H and O–H groups in total. The van der Waals surface area contributed by atoms with Crippen LogP contribution in [0.15, 0.2) is 12.3 Å². The molecular formula is C11H18N2. The second-order valence-corrected chi connectivity index (χ2v) is 3.42. The average Bonchev–Trinajstić information content (AvgIpc) is 2.13. The summed E-state index contributed by atoms with van der Waals surface area (Å²) < 4.78 is 0. The first-order valence-electron chi connectivity index (χ1n) is 4.79. The lowest BCUT2D eigenvalue weighted by atomic mass is 10.0. The van der Waals surface area contributed by atoms with Gasteiger partial charge in [0.25, 0.3) is 0 Å². The Bertz CT molecular complexity index is 277. The van der Waals surface area contributed by atoms with Crippen LogP contribution in [0.2, 0.25) is 0 Å². The van der Waals surface area contributed by atoms with Crippen molar-refractivity contribution < 1.29 is 0 Å². The molecule has 2 heteroatoms. The van der Waals surface area contributed by atoms with Crippen LogP contribution in [0.4, 0.5) is 0 Å². The predicted molar refractivity (Wildman–Crippen MR) is 55.8 cm³/mol. The van der Waals surface area contributed by atoms with E-state index in [1.165, 1.54) is 11.1 Å². The van der Waals surface area contributed by atoms with Crippen molar-refractivity contribution in [1.29, 1.82) is 0 Å². The van der Waals surface area contributed by atoms with E-state index in [1.807, 2.05) is 20.2 Å². The Morgan fingerprint density at radius 2 is 2.15 bits per heavy atom. The molecule has 1 atom stereocenters. The molecule has 0 fully saturated rings. The molecule has 2 nitrogen and oxygen atoms in total. The molecule has 1 rings (SSSR count). The molecule has 1 aromatic rings. The molecule has 0 aliphatic heterocycles. The molecule has 1 aromatic heterocycles. The molecular weight excluding hydrogens is 160 g/mol. The van der Waals surface area contributed by atoms with Crippen LogP contribution >= 0.6 is 0 Å². The van der Waals surface area contributed by atoms with Gasteiger partial charge >= 0.3 is 0 Å². The first kappa shape index (κ1) is 10.2. The number of hydrogen-bond acceptors (Lipinski definition) is 2. The number of nitrogens with one attached hydrogen (secondary N) is 1. The highest BCUT2D eigenvalue weighted by Crippen LogP contribution is 2.17. The monoisotopic (exact) mass is 178 g/mol. The molecule has 0 aromatic carbocycles. The maximum absolute atomic E-state index is 4.36. The molecule has 0 spiro atoms. The molecule has 0 radical (unpaired) electrons. The topological polar surface area (TPSA) is 24.9 Å². The minimum atomic E-state index is 0.437. The van der Waals surface area contributed by atoms with Gasteiger partial charge in [-0.3, -0.25) is 4.98 Å². The highest BCUT2D eigenvalue weighted by Gasteiger charge is 2.07. The predicted octanol–water partition coefficient (Wildman–Crippen LogP) is 2.37. The number of hydrogen-bond donors (Lipinski definition) is 1. The first-order chi connectivity index (χ1) is 6.19. The first-order valence-corrected chi connectivity index (χ1v) is 4.79. The summed E-state index contributed by atoms with van der Waals surface area (Å²) in [6.07, 6.45) is 3.06. The average molecular weight is 178 g/mol. The Morgan fingerprint density at radius 1 is 1.46 bits per heavy atom. The maximum atomic E-state index is 4.36. The minimum Gasteiger partial charge on any atom is -0.313 e. The Morgan fingerprint density at radius 3 is 2.62 bits per heavy atom. The van der Waals surface area contributed by atoms with E-state index in [0.717, 1.165) is 12.1 Å². The third-order valence-corrected chi connectivity index (χ3v) is 2.52. The molecule has 1 heterocycles. The Balaban J connectivity index is 2.95. The Hall–Kier alpha value is -0.890. The van der Waals surface area contributed by atoms with Crippen molar-refractivity contribution in [3.63, 3.8) is 0 Å². The largest absolute Gasteiger partial charge is 0.313 e. The summed E-state index contributed by atoms with van der Waals surface area (Å²) in [6, 6.07) is 2.65. The van der Waals surface area contributed by atoms with Crippen LogP contribution in [0.5, 0.6) is 0 Å². The van der Waals surface area contributed by atoms with E-state index in [-0.39, 0.29) is 0 Å². The second kappa shape index (κ2) is 4.38. The molecule has 0 bridgehead atoms. The van der Waals surface area contributed by atoms with Crippen molar-refractivity contribution in [3.05, 3.63) is 29.1 Å². The molecule has 0 saturated carbocycles. The summed E-state index contributed by atoms with van der Waals surface area (Å²) in [5.74, 6) is 0. The third kappa shape index (κ3) is 2.28. The van der Waals surface area contributed by atoms with E-state index < -0.39 is 0 Å². The van der Waals surface area contributed by atoms with Crippen molar-refractivity contribution in [1.82, 2.24) is 10.3 Å². The zero-order valence-electron chi connectivity index (χ0n) is 8.89. The highest BCUT2D eigenvalue weighted by atomic mass is 14.9. The van der Waals surface area contributed by atoms with Gasteiger partial charge in [-0.1, -0.05) is 13.0 Å². The van der Waals surface area contributed by atoms with E-state index in [0.29, 0.717) is 6.04 Å². The van der Waals surface area contributed by atoms with Crippen LogP contribution in [-0.4, -0.2) is 12.0 Å². The van der Waals surface area contributed by atoms with Gasteiger partial charge in [-0.25, -0.2) is 0 Å². The zero-order valence-corrected chi connectivity index (χ0v) is 8.89. The van der Waals surface area contributed by atoms with Gasteiger partial charge in [0.2, 0.25) is 0 Å². The van der Waals surface area contributed by atoms with Crippen LogP contribution in [-0.2, 0) is 0 Å². The third-order valence-electron chi connectivity index (χ3n) is 2.52. The van der Waals surface area contributed by atoms with Crippen LogP contribution in [0, 0.1) is 13.8 Å². The lowest BCUT2D eigenvalue weighted by Gasteiger charge is -2.14. The van der Waals surface area contributed by atoms with Gasteiger partial charge in [0, 0.05) is 17.9 Å². The van der Waals surface area contributed by atoms with Gasteiger partial charge in [0.1, 0.15) is 0 Å². The molecule has 72 valence electrons. The molecule has 0 aliphatic carbocycles. The van der Waals surface area contributed by atoms with E-state index in [9.17, 15) is 0 Å². The van der Waals surface area contributed by atoms with Crippen molar-refractivity contribution >= 4 is 0 Å². The van der Waals surface area contributed by atoms with Gasteiger partial charge in [-0.05, 0) is 38.4 Å². The standard InChI is InChI=1S/C11H18N2/c1-5-11(12-4)10-6-8(2)9(3)13-7-10/h6-7,11-12H,5H2,1-4H3. The summed E-state index contributed by atoms with van der Waals surface area (Å²) in [5, 5.41) is 3.27. The van der Waals surface area contributed by atoms with Crippen molar-refractivity contribution in [2.45, 2.75) is 33.2 Å². The quantitative estimate of drug-likeness (QED) is 0.768. The smallest absolute Gasteiger partial charge is 0.0402 e. The van der Waals surface area contributed by atoms with Gasteiger partial charge in [-0.15, -0.1) is 0 Å². The van der Waals surface area contributed by atoms with E-state index in [2.05, 4.69) is 30.2 Å². The van der Waals surface area contributed by atoms with E-state index in [1.54, 1.807) is 0 Å². The van der Waals surface area contributed by atoms with Crippen molar-refractivity contribution in [3.8, 4) is 0 Å². The lowest BCUT2D eigenvalue weighted by Crippen LogP contribution is -2.15. The summed E-state index contributed by atoms with van der Waals surface area (Å²) >= 11 is 0. The number of aryl methyl sites for hydroxylation is 2. The van der Waals surface area contributed by atoms with Crippen LogP contribution in [0.25, 0.3) is 0 Å². The molecule has 0 amide bonds. The van der Waals surface area contributed by atoms with E-state index >= 15 is 0 Å². The lowest BCUT2D eigenvalue weighted by molar-refractivity contribution is 0.574. The second-order valence-electron chi connectivity index (χ2n) is 3.42. The fourth-order valence-corrected chi connectivity index (χ4v) is 1.46. The van der Waals surface area contributed by atoms with Crippen LogP contribution in [0.3, 0.4) is 0 Å². The maximum Gasteiger partial charge on any atom is 0.0402 e. The fourth-order valence-electron chi connectivity index (χ4n) is 1.46. The SMILES string of the molecule is CCC(NC)c1cnc(C)c(C)c1. The normalized spacial score (nSPS) is 12.9. The van der Waals surface area contributed by atoms with Crippen molar-refractivity contribution in [2.24, 2.45) is 0 Å². The fraction of sp³-hybridized carbons (Fsp3) is 0.545. The Labute approximate surface area is 80.4 Å². The van der Waals surface area contributed by atoms with Gasteiger partial charge in [-0.2, -0.15) is 0 Å². The molecule has 0 aliphatic rings. The summed E-state index contributed by atoms with van der Waals surface area (Å²) in [7, 11) is 1.99. The summed E-state index contributed by atoms with van der Waals surface area (Å²) in [6.45, 7) is 6.32. The molecule has 0 saturated heterocycles. The minimum absolute atomic E-state index is 0.437. The number of nitrogens with zero attached hydrogens (tertiary/aromatic N) is 1. The summed E-state index contributed by atoms with van der Waals surface area (Å²) in [5.41, 5.74) is 3.68. The Kier molecular flexibility index (Phi) is 3.43. The highest BCUT2D eigenvalue weighted by molar-refractivity contribution is 5.25. The van der Waals surface area contributed by atoms with Gasteiger partial charge in [0.15, 0.2) is 0 Å².